The van der Waals surface area contributed by atoms with Crippen LogP contribution in [0.4, 0.5) is 0 Å². The maximum Gasteiger partial charge on any atom is 0.142 e. The lowest BCUT2D eigenvalue weighted by Crippen LogP contribution is -2.53. The minimum atomic E-state index is -0.765. The lowest BCUT2D eigenvalue weighted by atomic mass is 9.58. The van der Waals surface area contributed by atoms with Crippen molar-refractivity contribution >= 4 is 6.29 Å². The van der Waals surface area contributed by atoms with E-state index in [2.05, 4.69) is 20.8 Å². The van der Waals surface area contributed by atoms with Crippen LogP contribution in [0.2, 0.25) is 0 Å². The van der Waals surface area contributed by atoms with Gasteiger partial charge in [-0.25, -0.2) is 0 Å². The van der Waals surface area contributed by atoms with E-state index in [0.717, 1.165) is 24.7 Å². The number of allylic oxidation sites excluding steroid dienone is 3. The van der Waals surface area contributed by atoms with Gasteiger partial charge in [-0.2, -0.15) is 0 Å². The van der Waals surface area contributed by atoms with Crippen LogP contribution in [0.15, 0.2) is 23.8 Å². The molecule has 1 fully saturated rings. The Balaban J connectivity index is 3.07. The van der Waals surface area contributed by atoms with Crippen LogP contribution in [0.25, 0.3) is 0 Å². The highest BCUT2D eigenvalue weighted by Gasteiger charge is 2.50. The molecular formula is C15H24O2. The Labute approximate surface area is 104 Å². The van der Waals surface area contributed by atoms with Gasteiger partial charge in [-0.15, -0.1) is 0 Å². The number of carbonyl (C=O) groups is 1. The molecule has 0 aromatic heterocycles. The third kappa shape index (κ3) is 2.52. The minimum Gasteiger partial charge on any atom is -0.385 e. The van der Waals surface area contributed by atoms with Gasteiger partial charge in [0.15, 0.2) is 0 Å². The van der Waals surface area contributed by atoms with E-state index in [1.165, 1.54) is 12.5 Å². The van der Waals surface area contributed by atoms with E-state index in [0.29, 0.717) is 0 Å². The molecule has 2 unspecified atom stereocenters. The first-order valence-corrected chi connectivity index (χ1v) is 6.38. The van der Waals surface area contributed by atoms with Crippen molar-refractivity contribution in [2.75, 3.05) is 0 Å². The van der Waals surface area contributed by atoms with Crippen molar-refractivity contribution in [1.82, 2.24) is 0 Å². The van der Waals surface area contributed by atoms with Gasteiger partial charge in [0.05, 0.1) is 5.60 Å². The molecule has 1 saturated carbocycles. The van der Waals surface area contributed by atoms with Crippen molar-refractivity contribution in [2.24, 2.45) is 11.3 Å². The van der Waals surface area contributed by atoms with E-state index < -0.39 is 5.60 Å². The third-order valence-corrected chi connectivity index (χ3v) is 4.32. The predicted molar refractivity (Wildman–Crippen MR) is 70.7 cm³/mol. The number of aliphatic hydroxyl groups is 1. The molecule has 96 valence electrons. The minimum absolute atomic E-state index is 0.111. The number of hydrogen-bond donors (Lipinski definition) is 1. The summed E-state index contributed by atoms with van der Waals surface area (Å²) in [5.41, 5.74) is 0.0754. The van der Waals surface area contributed by atoms with E-state index in [9.17, 15) is 9.90 Å². The van der Waals surface area contributed by atoms with E-state index >= 15 is 0 Å². The van der Waals surface area contributed by atoms with Crippen molar-refractivity contribution < 1.29 is 9.90 Å². The fourth-order valence-electron chi connectivity index (χ4n) is 3.21. The standard InChI is InChI=1S/C15H24O2/c1-12(8-5-6-11-16)15(17)13(2)9-7-10-14(15,3)4/h5-6,8,11,13,17H,7,9-10H2,1-4H3. The quantitative estimate of drug-likeness (QED) is 0.464. The first-order chi connectivity index (χ1) is 7.86. The highest BCUT2D eigenvalue weighted by molar-refractivity contribution is 5.65. The second-order valence-corrected chi connectivity index (χ2v) is 5.81. The van der Waals surface area contributed by atoms with Crippen molar-refractivity contribution in [3.05, 3.63) is 23.8 Å². The maximum absolute atomic E-state index is 11.0. The van der Waals surface area contributed by atoms with Crippen LogP contribution in [-0.4, -0.2) is 17.0 Å². The van der Waals surface area contributed by atoms with Gasteiger partial charge in [0.25, 0.3) is 0 Å². The number of hydrogen-bond acceptors (Lipinski definition) is 2. The molecule has 0 radical (unpaired) electrons. The molecule has 17 heavy (non-hydrogen) atoms. The summed E-state index contributed by atoms with van der Waals surface area (Å²) in [7, 11) is 0. The van der Waals surface area contributed by atoms with Gasteiger partial charge in [-0.3, -0.25) is 4.79 Å². The Morgan fingerprint density at radius 2 is 2.00 bits per heavy atom. The van der Waals surface area contributed by atoms with Crippen LogP contribution in [0.3, 0.4) is 0 Å². The molecule has 2 atom stereocenters. The molecule has 0 spiro atoms. The second-order valence-electron chi connectivity index (χ2n) is 5.81. The van der Waals surface area contributed by atoms with Crippen molar-refractivity contribution in [3.8, 4) is 0 Å². The zero-order chi connectivity index (χ0) is 13.1. The summed E-state index contributed by atoms with van der Waals surface area (Å²) >= 11 is 0. The summed E-state index contributed by atoms with van der Waals surface area (Å²) < 4.78 is 0. The molecule has 2 heteroatoms. The Bertz CT molecular complexity index is 339. The van der Waals surface area contributed by atoms with Gasteiger partial charge in [-0.05, 0) is 42.7 Å². The van der Waals surface area contributed by atoms with Gasteiger partial charge in [-0.1, -0.05) is 39.3 Å². The Morgan fingerprint density at radius 1 is 1.35 bits per heavy atom. The van der Waals surface area contributed by atoms with Gasteiger partial charge in [0.2, 0.25) is 0 Å². The van der Waals surface area contributed by atoms with Crippen LogP contribution in [-0.2, 0) is 4.79 Å². The smallest absolute Gasteiger partial charge is 0.142 e. The lowest BCUT2D eigenvalue weighted by molar-refractivity contribution is -0.104. The van der Waals surface area contributed by atoms with Crippen LogP contribution in [0.5, 0.6) is 0 Å². The Hall–Kier alpha value is -0.890. The van der Waals surface area contributed by atoms with Crippen molar-refractivity contribution in [3.63, 3.8) is 0 Å². The first-order valence-electron chi connectivity index (χ1n) is 6.38. The van der Waals surface area contributed by atoms with Gasteiger partial charge >= 0.3 is 0 Å². The van der Waals surface area contributed by atoms with Gasteiger partial charge in [0.1, 0.15) is 6.29 Å². The largest absolute Gasteiger partial charge is 0.385 e. The molecule has 1 N–H and O–H groups in total. The Kier molecular flexibility index (Phi) is 4.31. The predicted octanol–water partition coefficient (Wildman–Crippen LogP) is 3.27. The second kappa shape index (κ2) is 5.18. The van der Waals surface area contributed by atoms with E-state index in [1.807, 2.05) is 13.0 Å². The first kappa shape index (κ1) is 14.2. The number of carbonyl (C=O) groups excluding carboxylic acids is 1. The molecule has 1 aliphatic rings. The summed E-state index contributed by atoms with van der Waals surface area (Å²) in [5.74, 6) is 0.257. The molecule has 0 aliphatic heterocycles. The van der Waals surface area contributed by atoms with Crippen LogP contribution >= 0.6 is 0 Å². The number of aldehydes is 1. The zero-order valence-corrected chi connectivity index (χ0v) is 11.4. The SMILES string of the molecule is CC(=CC=CC=O)C1(O)C(C)CCCC1(C)C. The average molecular weight is 236 g/mol. The topological polar surface area (TPSA) is 37.3 Å². The fourth-order valence-corrected chi connectivity index (χ4v) is 3.21. The summed E-state index contributed by atoms with van der Waals surface area (Å²) in [4.78, 5) is 10.3. The Morgan fingerprint density at radius 3 is 2.53 bits per heavy atom. The molecule has 0 aromatic carbocycles. The normalized spacial score (nSPS) is 33.9. The highest BCUT2D eigenvalue weighted by atomic mass is 16.3. The molecule has 0 amide bonds. The van der Waals surface area contributed by atoms with E-state index in [-0.39, 0.29) is 11.3 Å². The van der Waals surface area contributed by atoms with Crippen LogP contribution in [0, 0.1) is 11.3 Å². The third-order valence-electron chi connectivity index (χ3n) is 4.32. The monoisotopic (exact) mass is 236 g/mol. The maximum atomic E-state index is 11.0. The summed E-state index contributed by atoms with van der Waals surface area (Å²) in [5, 5.41) is 11.0. The molecule has 0 heterocycles. The van der Waals surface area contributed by atoms with Crippen molar-refractivity contribution in [2.45, 2.75) is 52.6 Å². The molecule has 0 saturated heterocycles. The fraction of sp³-hybridized carbons (Fsp3) is 0.667. The molecule has 0 bridgehead atoms. The number of rotatable bonds is 3. The average Bonchev–Trinajstić information content (AvgIpc) is 2.25. The highest BCUT2D eigenvalue weighted by Crippen LogP contribution is 2.50. The molecular weight excluding hydrogens is 212 g/mol. The zero-order valence-electron chi connectivity index (χ0n) is 11.4. The van der Waals surface area contributed by atoms with E-state index in [4.69, 9.17) is 0 Å². The van der Waals surface area contributed by atoms with Gasteiger partial charge < -0.3 is 5.11 Å². The molecule has 0 aromatic rings. The van der Waals surface area contributed by atoms with Crippen LogP contribution < -0.4 is 0 Å². The lowest BCUT2D eigenvalue weighted by Gasteiger charge is -2.51. The summed E-state index contributed by atoms with van der Waals surface area (Å²) in [6, 6.07) is 0. The summed E-state index contributed by atoms with van der Waals surface area (Å²) in [6.45, 7) is 8.33. The molecule has 2 nitrogen and oxygen atoms in total. The molecule has 1 aliphatic carbocycles. The summed E-state index contributed by atoms with van der Waals surface area (Å²) in [6.07, 6.45) is 9.04. The van der Waals surface area contributed by atoms with E-state index in [1.54, 1.807) is 6.08 Å². The van der Waals surface area contributed by atoms with Gasteiger partial charge in [0, 0.05) is 0 Å². The van der Waals surface area contributed by atoms with Crippen molar-refractivity contribution in [1.29, 1.82) is 0 Å². The van der Waals surface area contributed by atoms with Crippen LogP contribution in [0.1, 0.15) is 47.0 Å². The molecule has 1 rings (SSSR count).